The van der Waals surface area contributed by atoms with E-state index >= 15 is 0 Å². The van der Waals surface area contributed by atoms with Gasteiger partial charge in [0.15, 0.2) is 0 Å². The predicted molar refractivity (Wildman–Crippen MR) is 60.3 cm³/mol. The zero-order chi connectivity index (χ0) is 10.7. The van der Waals surface area contributed by atoms with Crippen LogP contribution in [0.5, 0.6) is 0 Å². The summed E-state index contributed by atoms with van der Waals surface area (Å²) in [6.07, 6.45) is 0. The van der Waals surface area contributed by atoms with Crippen molar-refractivity contribution in [1.82, 2.24) is 0 Å². The second-order valence-electron chi connectivity index (χ2n) is 2.97. The van der Waals surface area contributed by atoms with Crippen LogP contribution in [0, 0.1) is 6.92 Å². The van der Waals surface area contributed by atoms with Crippen LogP contribution in [0.2, 0.25) is 5.02 Å². The summed E-state index contributed by atoms with van der Waals surface area (Å²) in [4.78, 5) is 12.8. The van der Waals surface area contributed by atoms with Gasteiger partial charge in [-0.05, 0) is 24.6 Å². The van der Waals surface area contributed by atoms with Crippen molar-refractivity contribution >= 4 is 34.8 Å². The summed E-state index contributed by atoms with van der Waals surface area (Å²) in [5, 5.41) is 0.650. The molecule has 0 atom stereocenters. The first-order valence-electron chi connectivity index (χ1n) is 4.15. The Labute approximate surface area is 93.4 Å². The lowest BCUT2D eigenvalue weighted by Gasteiger charge is -2.18. The van der Waals surface area contributed by atoms with Gasteiger partial charge in [-0.15, -0.1) is 11.6 Å². The van der Waals surface area contributed by atoms with Crippen LogP contribution in [-0.4, -0.2) is 18.8 Å². The molecule has 1 aromatic rings. The smallest absolute Gasteiger partial charge is 0.241 e. The molecule has 0 spiro atoms. The fourth-order valence-electron chi connectivity index (χ4n) is 1.18. The summed E-state index contributed by atoms with van der Waals surface area (Å²) in [5.74, 6) is -0.167. The van der Waals surface area contributed by atoms with Crippen molar-refractivity contribution in [3.05, 3.63) is 28.8 Å². The molecule has 0 aliphatic carbocycles. The van der Waals surface area contributed by atoms with Crippen molar-refractivity contribution in [2.24, 2.45) is 0 Å². The van der Waals surface area contributed by atoms with Crippen molar-refractivity contribution in [1.29, 1.82) is 0 Å². The van der Waals surface area contributed by atoms with Crippen molar-refractivity contribution in [2.75, 3.05) is 17.8 Å². The highest BCUT2D eigenvalue weighted by atomic mass is 35.5. The third-order valence-corrected chi connectivity index (χ3v) is 2.73. The molecule has 0 aliphatic rings. The first kappa shape index (κ1) is 11.3. The molecule has 1 rings (SSSR count). The second kappa shape index (κ2) is 4.67. The summed E-state index contributed by atoms with van der Waals surface area (Å²) >= 11 is 11.4. The van der Waals surface area contributed by atoms with Crippen LogP contribution in [-0.2, 0) is 4.79 Å². The monoisotopic (exact) mass is 231 g/mol. The van der Waals surface area contributed by atoms with Crippen LogP contribution in [0.1, 0.15) is 5.56 Å². The Morgan fingerprint density at radius 2 is 2.14 bits per heavy atom. The molecule has 4 heteroatoms. The van der Waals surface area contributed by atoms with Crippen LogP contribution in [0.4, 0.5) is 5.69 Å². The fraction of sp³-hybridized carbons (Fsp3) is 0.300. The molecular formula is C10H11Cl2NO. The van der Waals surface area contributed by atoms with Gasteiger partial charge in [0.2, 0.25) is 5.91 Å². The van der Waals surface area contributed by atoms with Gasteiger partial charge in [0.1, 0.15) is 5.88 Å². The first-order valence-corrected chi connectivity index (χ1v) is 5.06. The van der Waals surface area contributed by atoms with Gasteiger partial charge in [-0.1, -0.05) is 17.7 Å². The molecule has 1 amide bonds. The zero-order valence-corrected chi connectivity index (χ0v) is 9.56. The van der Waals surface area contributed by atoms with Crippen LogP contribution in [0.3, 0.4) is 0 Å². The maximum Gasteiger partial charge on any atom is 0.241 e. The number of hydrogen-bond acceptors (Lipinski definition) is 1. The molecule has 0 unspecified atom stereocenters. The van der Waals surface area contributed by atoms with Crippen molar-refractivity contribution < 1.29 is 4.79 Å². The normalized spacial score (nSPS) is 10.0. The minimum absolute atomic E-state index is 0.0253. The molecule has 0 aliphatic heterocycles. The highest BCUT2D eigenvalue weighted by Gasteiger charge is 2.12. The molecule has 1 aromatic carbocycles. The predicted octanol–water partition coefficient (Wildman–Crippen LogP) is 2.85. The van der Waals surface area contributed by atoms with Crippen LogP contribution < -0.4 is 4.90 Å². The number of anilines is 1. The number of hydrogen-bond donors (Lipinski definition) is 0. The molecule has 2 nitrogen and oxygen atoms in total. The quantitative estimate of drug-likeness (QED) is 0.718. The van der Waals surface area contributed by atoms with E-state index in [1.54, 1.807) is 13.1 Å². The Kier molecular flexibility index (Phi) is 3.78. The Bertz CT molecular complexity index is 352. The summed E-state index contributed by atoms with van der Waals surface area (Å²) in [6.45, 7) is 1.87. The summed E-state index contributed by atoms with van der Waals surface area (Å²) in [7, 11) is 1.68. The molecule has 0 bridgehead atoms. The van der Waals surface area contributed by atoms with Crippen LogP contribution in [0.15, 0.2) is 18.2 Å². The zero-order valence-electron chi connectivity index (χ0n) is 8.05. The van der Waals surface area contributed by atoms with Gasteiger partial charge in [0.25, 0.3) is 0 Å². The Balaban J connectivity index is 3.07. The molecular weight excluding hydrogens is 221 g/mol. The largest absolute Gasteiger partial charge is 0.314 e. The molecule has 0 fully saturated rings. The molecule has 0 radical (unpaired) electrons. The summed E-state index contributed by atoms with van der Waals surface area (Å²) < 4.78 is 0. The number of halogens is 2. The third-order valence-electron chi connectivity index (χ3n) is 2.09. The number of carbonyl (C=O) groups excluding carboxylic acids is 1. The maximum atomic E-state index is 11.3. The van der Waals surface area contributed by atoms with Gasteiger partial charge in [0.05, 0.1) is 0 Å². The van der Waals surface area contributed by atoms with Gasteiger partial charge in [0, 0.05) is 17.8 Å². The maximum absolute atomic E-state index is 11.3. The number of benzene rings is 1. The van der Waals surface area contributed by atoms with Crippen LogP contribution in [0.25, 0.3) is 0 Å². The SMILES string of the molecule is Cc1c(Cl)cccc1N(C)C(=O)CCl. The van der Waals surface area contributed by atoms with E-state index in [4.69, 9.17) is 23.2 Å². The van der Waals surface area contributed by atoms with Gasteiger partial charge >= 0.3 is 0 Å². The Morgan fingerprint density at radius 3 is 2.71 bits per heavy atom. The number of alkyl halides is 1. The number of amides is 1. The van der Waals surface area contributed by atoms with E-state index in [9.17, 15) is 4.79 Å². The minimum atomic E-state index is -0.142. The molecule has 14 heavy (non-hydrogen) atoms. The lowest BCUT2D eigenvalue weighted by atomic mass is 10.2. The summed E-state index contributed by atoms with van der Waals surface area (Å²) in [6, 6.07) is 5.44. The van der Waals surface area contributed by atoms with E-state index < -0.39 is 0 Å². The molecule has 0 saturated carbocycles. The molecule has 0 saturated heterocycles. The number of carbonyl (C=O) groups is 1. The van der Waals surface area contributed by atoms with Crippen molar-refractivity contribution in [3.8, 4) is 0 Å². The standard InChI is InChI=1S/C10H11Cl2NO/c1-7-8(12)4-3-5-9(7)13(2)10(14)6-11/h3-5H,6H2,1-2H3. The Hall–Kier alpha value is -0.730. The van der Waals surface area contributed by atoms with Gasteiger partial charge < -0.3 is 4.90 Å². The van der Waals surface area contributed by atoms with E-state index in [0.717, 1.165) is 11.3 Å². The number of rotatable bonds is 2. The van der Waals surface area contributed by atoms with Crippen molar-refractivity contribution in [2.45, 2.75) is 6.92 Å². The first-order chi connectivity index (χ1) is 6.57. The number of nitrogens with zero attached hydrogens (tertiary/aromatic N) is 1. The molecule has 76 valence electrons. The van der Waals surface area contributed by atoms with E-state index in [0.29, 0.717) is 5.02 Å². The van der Waals surface area contributed by atoms with Crippen molar-refractivity contribution in [3.63, 3.8) is 0 Å². The highest BCUT2D eigenvalue weighted by Crippen LogP contribution is 2.25. The van der Waals surface area contributed by atoms with Gasteiger partial charge in [-0.25, -0.2) is 0 Å². The van der Waals surface area contributed by atoms with Gasteiger partial charge in [-0.2, -0.15) is 0 Å². The van der Waals surface area contributed by atoms with E-state index in [1.807, 2.05) is 19.1 Å². The average molecular weight is 232 g/mol. The van der Waals surface area contributed by atoms with E-state index in [1.165, 1.54) is 4.90 Å². The minimum Gasteiger partial charge on any atom is -0.314 e. The fourth-order valence-corrected chi connectivity index (χ4v) is 1.53. The molecule has 0 N–H and O–H groups in total. The third kappa shape index (κ3) is 2.20. The molecule has 0 heterocycles. The lowest BCUT2D eigenvalue weighted by molar-refractivity contribution is -0.116. The highest BCUT2D eigenvalue weighted by molar-refractivity contribution is 6.32. The Morgan fingerprint density at radius 1 is 1.50 bits per heavy atom. The topological polar surface area (TPSA) is 20.3 Å². The lowest BCUT2D eigenvalue weighted by Crippen LogP contribution is -2.27. The van der Waals surface area contributed by atoms with E-state index in [-0.39, 0.29) is 11.8 Å². The van der Waals surface area contributed by atoms with Crippen LogP contribution >= 0.6 is 23.2 Å². The summed E-state index contributed by atoms with van der Waals surface area (Å²) in [5.41, 5.74) is 1.68. The average Bonchev–Trinajstić information content (AvgIpc) is 2.20. The van der Waals surface area contributed by atoms with E-state index in [2.05, 4.69) is 0 Å². The van der Waals surface area contributed by atoms with Gasteiger partial charge in [-0.3, -0.25) is 4.79 Å². The second-order valence-corrected chi connectivity index (χ2v) is 3.64. The molecule has 0 aromatic heterocycles.